The van der Waals surface area contributed by atoms with Gasteiger partial charge >= 0.3 is 0 Å². The molecule has 0 spiro atoms. The maximum atomic E-state index is 12.5. The van der Waals surface area contributed by atoms with Gasteiger partial charge in [-0.25, -0.2) is 12.7 Å². The van der Waals surface area contributed by atoms with Crippen molar-refractivity contribution in [1.82, 2.24) is 9.62 Å². The van der Waals surface area contributed by atoms with E-state index < -0.39 is 10.0 Å². The lowest BCUT2D eigenvalue weighted by atomic mass is 9.91. The van der Waals surface area contributed by atoms with Crippen molar-refractivity contribution in [2.45, 2.75) is 50.5 Å². The first-order valence-electron chi connectivity index (χ1n) is 7.61. The summed E-state index contributed by atoms with van der Waals surface area (Å²) in [6, 6.07) is 7.61. The Balaban J connectivity index is 3.19. The van der Waals surface area contributed by atoms with E-state index in [1.807, 2.05) is 12.1 Å². The molecule has 0 aliphatic carbocycles. The van der Waals surface area contributed by atoms with E-state index in [1.54, 1.807) is 26.2 Å². The summed E-state index contributed by atoms with van der Waals surface area (Å²) in [5.74, 6) is 0.146. The lowest BCUT2D eigenvalue weighted by Gasteiger charge is -2.26. The molecule has 1 aromatic carbocycles. The van der Waals surface area contributed by atoms with E-state index in [2.05, 4.69) is 26.1 Å². The second-order valence-electron chi connectivity index (χ2n) is 5.58. The zero-order chi connectivity index (χ0) is 16.0. The van der Waals surface area contributed by atoms with Gasteiger partial charge in [0.2, 0.25) is 10.0 Å². The Morgan fingerprint density at radius 2 is 1.81 bits per heavy atom. The second-order valence-corrected chi connectivity index (χ2v) is 7.70. The van der Waals surface area contributed by atoms with Crippen LogP contribution in [0, 0.1) is 0 Å². The summed E-state index contributed by atoms with van der Waals surface area (Å²) in [4.78, 5) is 0.416. The lowest BCUT2D eigenvalue weighted by molar-refractivity contribution is 0.433. The second kappa shape index (κ2) is 7.92. The van der Waals surface area contributed by atoms with Crippen molar-refractivity contribution >= 4 is 10.0 Å². The Labute approximate surface area is 129 Å². The van der Waals surface area contributed by atoms with Crippen LogP contribution < -0.4 is 5.32 Å². The lowest BCUT2D eigenvalue weighted by Crippen LogP contribution is -2.35. The average Bonchev–Trinajstić information content (AvgIpc) is 2.47. The first-order valence-corrected chi connectivity index (χ1v) is 9.05. The van der Waals surface area contributed by atoms with Crippen molar-refractivity contribution in [3.8, 4) is 0 Å². The van der Waals surface area contributed by atoms with Crippen molar-refractivity contribution in [3.63, 3.8) is 0 Å². The minimum Gasteiger partial charge on any atom is -0.313 e. The van der Waals surface area contributed by atoms with Crippen LogP contribution in [0.1, 0.15) is 45.1 Å². The highest BCUT2D eigenvalue weighted by atomic mass is 32.2. The third-order valence-corrected chi connectivity index (χ3v) is 5.76. The molecule has 0 aliphatic rings. The van der Waals surface area contributed by atoms with Crippen LogP contribution in [0.5, 0.6) is 0 Å². The van der Waals surface area contributed by atoms with Gasteiger partial charge < -0.3 is 5.32 Å². The standard InChI is InChI=1S/C16H28N2O2S/c1-6-12-17-15(7-2)13(3)14-10-8-9-11-16(14)21(19,20)18(4)5/h8-11,13,15,17H,6-7,12H2,1-5H3. The molecular weight excluding hydrogens is 284 g/mol. The highest BCUT2D eigenvalue weighted by Crippen LogP contribution is 2.28. The molecule has 2 unspecified atom stereocenters. The highest BCUT2D eigenvalue weighted by Gasteiger charge is 2.26. The maximum absolute atomic E-state index is 12.5. The molecule has 1 rings (SSSR count). The van der Waals surface area contributed by atoms with E-state index in [0.717, 1.165) is 24.9 Å². The monoisotopic (exact) mass is 312 g/mol. The van der Waals surface area contributed by atoms with Gasteiger partial charge in [-0.15, -0.1) is 0 Å². The SMILES string of the molecule is CCCNC(CC)C(C)c1ccccc1S(=O)(=O)N(C)C. The maximum Gasteiger partial charge on any atom is 0.242 e. The summed E-state index contributed by atoms with van der Waals surface area (Å²) in [6.07, 6.45) is 2.04. The van der Waals surface area contributed by atoms with Crippen LogP contribution in [0.2, 0.25) is 0 Å². The normalized spacial score (nSPS) is 15.1. The molecule has 0 aromatic heterocycles. The molecule has 1 aromatic rings. The molecule has 0 fully saturated rings. The van der Waals surface area contributed by atoms with Crippen molar-refractivity contribution in [2.24, 2.45) is 0 Å². The van der Waals surface area contributed by atoms with Gasteiger partial charge in [-0.05, 0) is 36.9 Å². The Kier molecular flexibility index (Phi) is 6.84. The quantitative estimate of drug-likeness (QED) is 0.803. The van der Waals surface area contributed by atoms with Crippen LogP contribution >= 0.6 is 0 Å². The van der Waals surface area contributed by atoms with Crippen LogP contribution in [0.4, 0.5) is 0 Å². The summed E-state index contributed by atoms with van der Waals surface area (Å²) in [6.45, 7) is 7.31. The summed E-state index contributed by atoms with van der Waals surface area (Å²) in [7, 11) is -0.264. The molecular formula is C16H28N2O2S. The van der Waals surface area contributed by atoms with Crippen molar-refractivity contribution < 1.29 is 8.42 Å². The van der Waals surface area contributed by atoms with E-state index in [0.29, 0.717) is 4.90 Å². The van der Waals surface area contributed by atoms with Gasteiger partial charge in [0, 0.05) is 20.1 Å². The number of rotatable bonds is 8. The van der Waals surface area contributed by atoms with Gasteiger partial charge in [0.15, 0.2) is 0 Å². The van der Waals surface area contributed by atoms with Gasteiger partial charge in [-0.1, -0.05) is 39.0 Å². The molecule has 0 saturated carbocycles. The number of nitrogens with zero attached hydrogens (tertiary/aromatic N) is 1. The van der Waals surface area contributed by atoms with E-state index in [1.165, 1.54) is 4.31 Å². The Hall–Kier alpha value is -0.910. The van der Waals surface area contributed by atoms with E-state index in [-0.39, 0.29) is 12.0 Å². The van der Waals surface area contributed by atoms with Crippen LogP contribution in [0.25, 0.3) is 0 Å². The summed E-state index contributed by atoms with van der Waals surface area (Å²) >= 11 is 0. The average molecular weight is 312 g/mol. The molecule has 0 bridgehead atoms. The predicted molar refractivity (Wildman–Crippen MR) is 88.1 cm³/mol. The number of sulfonamides is 1. The van der Waals surface area contributed by atoms with Gasteiger partial charge in [0.05, 0.1) is 4.90 Å². The minimum atomic E-state index is -3.41. The molecule has 4 nitrogen and oxygen atoms in total. The zero-order valence-corrected chi connectivity index (χ0v) is 14.6. The number of hydrogen-bond donors (Lipinski definition) is 1. The summed E-state index contributed by atoms with van der Waals surface area (Å²) in [5.41, 5.74) is 0.890. The molecule has 5 heteroatoms. The van der Waals surface area contributed by atoms with Gasteiger partial charge in [0.25, 0.3) is 0 Å². The van der Waals surface area contributed by atoms with Gasteiger partial charge in [-0.2, -0.15) is 0 Å². The largest absolute Gasteiger partial charge is 0.313 e. The fourth-order valence-corrected chi connectivity index (χ4v) is 3.71. The molecule has 2 atom stereocenters. The molecule has 120 valence electrons. The van der Waals surface area contributed by atoms with Gasteiger partial charge in [0.1, 0.15) is 0 Å². The molecule has 1 N–H and O–H groups in total. The third kappa shape index (κ3) is 4.28. The Morgan fingerprint density at radius 3 is 2.33 bits per heavy atom. The van der Waals surface area contributed by atoms with E-state index in [4.69, 9.17) is 0 Å². The van der Waals surface area contributed by atoms with Gasteiger partial charge in [-0.3, -0.25) is 0 Å². The summed E-state index contributed by atoms with van der Waals surface area (Å²) in [5, 5.41) is 3.52. The molecule has 0 heterocycles. The predicted octanol–water partition coefficient (Wildman–Crippen LogP) is 2.82. The van der Waals surface area contributed by atoms with Crippen LogP contribution in [0.3, 0.4) is 0 Å². The van der Waals surface area contributed by atoms with E-state index >= 15 is 0 Å². The molecule has 0 amide bonds. The molecule has 0 aliphatic heterocycles. The number of benzene rings is 1. The highest BCUT2D eigenvalue weighted by molar-refractivity contribution is 7.89. The van der Waals surface area contributed by atoms with E-state index in [9.17, 15) is 8.42 Å². The third-order valence-electron chi connectivity index (χ3n) is 3.87. The first kappa shape index (κ1) is 18.1. The van der Waals surface area contributed by atoms with Crippen LogP contribution in [-0.2, 0) is 10.0 Å². The molecule has 21 heavy (non-hydrogen) atoms. The van der Waals surface area contributed by atoms with Crippen LogP contribution in [-0.4, -0.2) is 39.4 Å². The smallest absolute Gasteiger partial charge is 0.242 e. The van der Waals surface area contributed by atoms with Crippen LogP contribution in [0.15, 0.2) is 29.2 Å². The van der Waals surface area contributed by atoms with Crippen molar-refractivity contribution in [1.29, 1.82) is 0 Å². The Bertz CT molecular complexity index is 541. The zero-order valence-electron chi connectivity index (χ0n) is 13.8. The summed E-state index contributed by atoms with van der Waals surface area (Å²) < 4.78 is 26.3. The molecule has 0 radical (unpaired) electrons. The van der Waals surface area contributed by atoms with Crippen molar-refractivity contribution in [2.75, 3.05) is 20.6 Å². The minimum absolute atomic E-state index is 0.146. The molecule has 0 saturated heterocycles. The van der Waals surface area contributed by atoms with Crippen molar-refractivity contribution in [3.05, 3.63) is 29.8 Å². The Morgan fingerprint density at radius 1 is 1.19 bits per heavy atom. The number of nitrogens with one attached hydrogen (secondary N) is 1. The first-order chi connectivity index (χ1) is 9.86. The topological polar surface area (TPSA) is 49.4 Å². The fourth-order valence-electron chi connectivity index (χ4n) is 2.51. The fraction of sp³-hybridized carbons (Fsp3) is 0.625. The number of hydrogen-bond acceptors (Lipinski definition) is 3.